The molecule has 2 atom stereocenters. The van der Waals surface area contributed by atoms with Crippen LogP contribution in [0.2, 0.25) is 0 Å². The summed E-state index contributed by atoms with van der Waals surface area (Å²) in [5, 5.41) is 13.8. The van der Waals surface area contributed by atoms with Crippen molar-refractivity contribution in [3.05, 3.63) is 5.82 Å². The van der Waals surface area contributed by atoms with Gasteiger partial charge in [-0.25, -0.2) is 4.68 Å². The van der Waals surface area contributed by atoms with Crippen LogP contribution in [0.3, 0.4) is 0 Å². The van der Waals surface area contributed by atoms with Gasteiger partial charge in [0.05, 0.1) is 12.1 Å². The second-order valence-corrected chi connectivity index (χ2v) is 3.53. The molecule has 13 heavy (non-hydrogen) atoms. The molecule has 1 aromatic heterocycles. The number of aryl methyl sites for hydroxylation is 1. The standard InChI is InChI=1S/C8H14N4O/c1-5-10-8(9)12(11-5)6-3-2-4-7(6)13/h6-7,13H,2-4H2,1H3,(H2,9,10,11). The minimum absolute atomic E-state index is 0.0289. The van der Waals surface area contributed by atoms with E-state index in [1.165, 1.54) is 0 Å². The Morgan fingerprint density at radius 3 is 2.77 bits per heavy atom. The van der Waals surface area contributed by atoms with Crippen LogP contribution in [-0.2, 0) is 0 Å². The lowest BCUT2D eigenvalue weighted by atomic mass is 10.2. The van der Waals surface area contributed by atoms with Crippen LogP contribution < -0.4 is 5.73 Å². The third kappa shape index (κ3) is 1.39. The maximum Gasteiger partial charge on any atom is 0.219 e. The molecule has 0 saturated heterocycles. The number of nitrogen functional groups attached to an aromatic ring is 1. The number of hydrogen-bond donors (Lipinski definition) is 2. The molecule has 1 aliphatic rings. The smallest absolute Gasteiger partial charge is 0.219 e. The molecule has 72 valence electrons. The molecular formula is C8H14N4O. The highest BCUT2D eigenvalue weighted by Gasteiger charge is 2.29. The van der Waals surface area contributed by atoms with Gasteiger partial charge in [0.15, 0.2) is 0 Å². The predicted octanol–water partition coefficient (Wildman–Crippen LogP) is 0.255. The molecule has 0 aliphatic heterocycles. The zero-order chi connectivity index (χ0) is 9.42. The zero-order valence-corrected chi connectivity index (χ0v) is 7.64. The predicted molar refractivity (Wildman–Crippen MR) is 48.1 cm³/mol. The van der Waals surface area contributed by atoms with Gasteiger partial charge in [-0.2, -0.15) is 10.1 Å². The van der Waals surface area contributed by atoms with Crippen molar-refractivity contribution in [1.82, 2.24) is 14.8 Å². The molecule has 0 spiro atoms. The summed E-state index contributed by atoms with van der Waals surface area (Å²) >= 11 is 0. The minimum Gasteiger partial charge on any atom is -0.391 e. The molecular weight excluding hydrogens is 168 g/mol. The normalized spacial score (nSPS) is 28.2. The Labute approximate surface area is 76.6 Å². The van der Waals surface area contributed by atoms with E-state index in [0.29, 0.717) is 11.8 Å². The van der Waals surface area contributed by atoms with E-state index in [1.807, 2.05) is 0 Å². The number of aliphatic hydroxyl groups is 1. The lowest BCUT2D eigenvalue weighted by Gasteiger charge is -2.14. The quantitative estimate of drug-likeness (QED) is 0.653. The Morgan fingerprint density at radius 1 is 1.54 bits per heavy atom. The van der Waals surface area contributed by atoms with E-state index in [2.05, 4.69) is 10.1 Å². The van der Waals surface area contributed by atoms with Gasteiger partial charge in [-0.05, 0) is 26.2 Å². The van der Waals surface area contributed by atoms with Gasteiger partial charge in [0.2, 0.25) is 5.95 Å². The van der Waals surface area contributed by atoms with Crippen LogP contribution >= 0.6 is 0 Å². The molecule has 2 unspecified atom stereocenters. The molecule has 0 radical (unpaired) electrons. The van der Waals surface area contributed by atoms with Crippen LogP contribution in [-0.4, -0.2) is 26.0 Å². The molecule has 5 heteroatoms. The van der Waals surface area contributed by atoms with Crippen molar-refractivity contribution < 1.29 is 5.11 Å². The van der Waals surface area contributed by atoms with E-state index in [4.69, 9.17) is 5.73 Å². The van der Waals surface area contributed by atoms with Crippen LogP contribution in [0, 0.1) is 6.92 Å². The molecule has 1 aromatic rings. The second-order valence-electron chi connectivity index (χ2n) is 3.53. The Bertz CT molecular complexity index is 309. The Kier molecular flexibility index (Phi) is 1.95. The Balaban J connectivity index is 2.28. The molecule has 2 rings (SSSR count). The molecule has 0 bridgehead atoms. The average molecular weight is 182 g/mol. The lowest BCUT2D eigenvalue weighted by Crippen LogP contribution is -2.21. The van der Waals surface area contributed by atoms with Gasteiger partial charge in [0, 0.05) is 0 Å². The summed E-state index contributed by atoms with van der Waals surface area (Å²) in [7, 11) is 0. The molecule has 5 nitrogen and oxygen atoms in total. The fourth-order valence-corrected chi connectivity index (χ4v) is 1.90. The fraction of sp³-hybridized carbons (Fsp3) is 0.750. The van der Waals surface area contributed by atoms with Gasteiger partial charge in [-0.1, -0.05) is 0 Å². The van der Waals surface area contributed by atoms with Crippen molar-refractivity contribution in [3.63, 3.8) is 0 Å². The van der Waals surface area contributed by atoms with Gasteiger partial charge in [-0.15, -0.1) is 0 Å². The largest absolute Gasteiger partial charge is 0.391 e. The highest BCUT2D eigenvalue weighted by molar-refractivity contribution is 5.17. The second kappa shape index (κ2) is 2.99. The maximum absolute atomic E-state index is 9.63. The van der Waals surface area contributed by atoms with E-state index < -0.39 is 0 Å². The summed E-state index contributed by atoms with van der Waals surface area (Å²) in [6, 6.07) is 0.0289. The average Bonchev–Trinajstić information content (AvgIpc) is 2.58. The Morgan fingerprint density at radius 2 is 2.31 bits per heavy atom. The van der Waals surface area contributed by atoms with E-state index in [1.54, 1.807) is 11.6 Å². The summed E-state index contributed by atoms with van der Waals surface area (Å²) < 4.78 is 1.65. The first-order chi connectivity index (χ1) is 6.18. The molecule has 0 aromatic carbocycles. The van der Waals surface area contributed by atoms with Gasteiger partial charge < -0.3 is 10.8 Å². The van der Waals surface area contributed by atoms with E-state index in [0.717, 1.165) is 19.3 Å². The molecule has 1 heterocycles. The van der Waals surface area contributed by atoms with Crippen molar-refractivity contribution in [2.45, 2.75) is 38.3 Å². The van der Waals surface area contributed by atoms with Crippen LogP contribution in [0.1, 0.15) is 31.1 Å². The van der Waals surface area contributed by atoms with E-state index in [-0.39, 0.29) is 12.1 Å². The summed E-state index contributed by atoms with van der Waals surface area (Å²) in [6.07, 6.45) is 2.49. The molecule has 1 saturated carbocycles. The number of hydrogen-bond acceptors (Lipinski definition) is 4. The maximum atomic E-state index is 9.63. The van der Waals surface area contributed by atoms with Crippen molar-refractivity contribution in [2.24, 2.45) is 0 Å². The van der Waals surface area contributed by atoms with Crippen LogP contribution in [0.5, 0.6) is 0 Å². The third-order valence-corrected chi connectivity index (χ3v) is 2.52. The first-order valence-electron chi connectivity index (χ1n) is 4.55. The highest BCUT2D eigenvalue weighted by atomic mass is 16.3. The van der Waals surface area contributed by atoms with Crippen molar-refractivity contribution in [3.8, 4) is 0 Å². The molecule has 3 N–H and O–H groups in total. The summed E-state index contributed by atoms with van der Waals surface area (Å²) in [5.74, 6) is 1.07. The van der Waals surface area contributed by atoms with Gasteiger partial charge in [0.1, 0.15) is 5.82 Å². The third-order valence-electron chi connectivity index (χ3n) is 2.52. The minimum atomic E-state index is -0.316. The van der Waals surface area contributed by atoms with Crippen LogP contribution in [0.15, 0.2) is 0 Å². The zero-order valence-electron chi connectivity index (χ0n) is 7.64. The van der Waals surface area contributed by atoms with E-state index >= 15 is 0 Å². The van der Waals surface area contributed by atoms with E-state index in [9.17, 15) is 5.11 Å². The van der Waals surface area contributed by atoms with Crippen LogP contribution in [0.25, 0.3) is 0 Å². The van der Waals surface area contributed by atoms with Crippen molar-refractivity contribution in [2.75, 3.05) is 5.73 Å². The van der Waals surface area contributed by atoms with Gasteiger partial charge in [0.25, 0.3) is 0 Å². The van der Waals surface area contributed by atoms with Crippen molar-refractivity contribution >= 4 is 5.95 Å². The summed E-state index contributed by atoms with van der Waals surface area (Å²) in [5.41, 5.74) is 5.66. The first-order valence-corrected chi connectivity index (χ1v) is 4.55. The monoisotopic (exact) mass is 182 g/mol. The lowest BCUT2D eigenvalue weighted by molar-refractivity contribution is 0.131. The number of aromatic nitrogens is 3. The number of nitrogens with zero attached hydrogens (tertiary/aromatic N) is 3. The fourth-order valence-electron chi connectivity index (χ4n) is 1.90. The first kappa shape index (κ1) is 8.50. The summed E-state index contributed by atoms with van der Waals surface area (Å²) in [6.45, 7) is 1.80. The topological polar surface area (TPSA) is 77.0 Å². The number of nitrogens with two attached hydrogens (primary N) is 1. The number of aliphatic hydroxyl groups excluding tert-OH is 1. The Hall–Kier alpha value is -1.10. The highest BCUT2D eigenvalue weighted by Crippen LogP contribution is 2.30. The summed E-state index contributed by atoms with van der Waals surface area (Å²) in [4.78, 5) is 4.01. The van der Waals surface area contributed by atoms with Crippen molar-refractivity contribution in [1.29, 1.82) is 0 Å². The molecule has 1 fully saturated rings. The molecule has 0 amide bonds. The van der Waals surface area contributed by atoms with Gasteiger partial charge in [-0.3, -0.25) is 0 Å². The van der Waals surface area contributed by atoms with Crippen LogP contribution in [0.4, 0.5) is 5.95 Å². The number of rotatable bonds is 1. The SMILES string of the molecule is Cc1nc(N)n(C2CCCC2O)n1. The van der Waals surface area contributed by atoms with Gasteiger partial charge >= 0.3 is 0 Å². The molecule has 1 aliphatic carbocycles. The number of anilines is 1.